The van der Waals surface area contributed by atoms with Crippen molar-refractivity contribution in [2.45, 2.75) is 146 Å². The van der Waals surface area contributed by atoms with Crippen LogP contribution in [0.4, 0.5) is 21.0 Å². The van der Waals surface area contributed by atoms with Crippen LogP contribution in [0.3, 0.4) is 0 Å². The lowest BCUT2D eigenvalue weighted by atomic mass is 9.71. The number of imide groups is 1. The molecule has 2 aliphatic carbocycles. The van der Waals surface area contributed by atoms with Crippen LogP contribution in [0.15, 0.2) is 54.6 Å². The van der Waals surface area contributed by atoms with Gasteiger partial charge in [-0.15, -0.1) is 0 Å². The highest BCUT2D eigenvalue weighted by molar-refractivity contribution is 6.32. The fourth-order valence-electron chi connectivity index (χ4n) is 12.1. The Morgan fingerprint density at radius 1 is 0.852 bits per heavy atom. The number of unbranched alkanes of at least 4 members (excludes halogenated alkanes) is 2. The minimum absolute atomic E-state index is 0.0103. The van der Waals surface area contributed by atoms with Crippen molar-refractivity contribution in [2.75, 3.05) is 50.6 Å². The maximum Gasteiger partial charge on any atom is 0.411 e. The average molecular weight is 1230 g/mol. The molecule has 9 rings (SSSR count). The summed E-state index contributed by atoms with van der Waals surface area (Å²) in [4.78, 5) is 136. The third-order valence-corrected chi connectivity index (χ3v) is 16.6. The van der Waals surface area contributed by atoms with E-state index in [0.29, 0.717) is 32.4 Å². The molecule has 0 saturated carbocycles. The Balaban J connectivity index is 0.880. The van der Waals surface area contributed by atoms with E-state index in [2.05, 4.69) is 31.5 Å². The Morgan fingerprint density at radius 2 is 1.58 bits per heavy atom. The van der Waals surface area contributed by atoms with Gasteiger partial charge in [0.2, 0.25) is 17.7 Å². The van der Waals surface area contributed by atoms with E-state index in [1.807, 2.05) is 0 Å². The maximum atomic E-state index is 14.8. The number of aliphatic hydroxyl groups is 2. The van der Waals surface area contributed by atoms with E-state index in [1.165, 1.54) is 49.6 Å². The van der Waals surface area contributed by atoms with Crippen LogP contribution in [0.2, 0.25) is 0 Å². The zero-order chi connectivity index (χ0) is 63.3. The first-order valence-electron chi connectivity index (χ1n) is 29.1. The summed E-state index contributed by atoms with van der Waals surface area (Å²) in [5.41, 5.74) is 0.540. The number of para-hydroxylation sites is 1. The standard InChI is InChI=1S/C60H72N8O20/c1-29(2)48(66-40(71)17-6-5-9-21-68-41(72)18-19-42(68)73)55(79)64-36(16-11-20-62-58(61)80)54(78)63-34-14-8-7-12-31(34)28-85-59(81)65-35-15-10-13-32-44(35)51(76)47-46(49(32)74)50(75)33-25-60(82,39(70)27-69)26-38(45(33)52(47)77)87-43-24-37-53(30(3)86-43)88-56-57(83-4)84-23-22-67(37)56/h7-8,10,12-15,18-19,29-30,36-38,43,48,53,56-57,69,75,77,82H,5-6,9,11,16-17,20-28H2,1-4H3,(H,63,78)(H,64,79)(H,65,81)(H,66,71)(H3,61,62,80)/t30-,36?,37-,38-,43-,48-,53+,56+,57-,60-/m0/s1. The van der Waals surface area contributed by atoms with Crippen molar-refractivity contribution in [1.82, 2.24) is 25.8 Å². The first-order valence-corrected chi connectivity index (χ1v) is 29.1. The second kappa shape index (κ2) is 27.4. The molecule has 6 aliphatic rings. The summed E-state index contributed by atoms with van der Waals surface area (Å²) in [5, 5.41) is 59.3. The number of morpholine rings is 1. The number of hydrogen-bond donors (Lipinski definition) is 10. The summed E-state index contributed by atoms with van der Waals surface area (Å²) in [6.45, 7) is 4.67. The summed E-state index contributed by atoms with van der Waals surface area (Å²) in [5.74, 6) is -7.72. The van der Waals surface area contributed by atoms with Crippen LogP contribution in [0.25, 0.3) is 0 Å². The number of aromatic hydroxyl groups is 2. The number of Topliss-reactive ketones (excluding diaryl/α,β-unsaturated/α-hetero) is 1. The summed E-state index contributed by atoms with van der Waals surface area (Å²) in [6.07, 6.45) is -3.08. The highest BCUT2D eigenvalue weighted by Gasteiger charge is 2.55. The number of ketones is 3. The van der Waals surface area contributed by atoms with E-state index < -0.39 is 168 Å². The normalized spacial score (nSPS) is 24.3. The number of carbonyl (C=O) groups is 10. The van der Waals surface area contributed by atoms with Gasteiger partial charge >= 0.3 is 12.1 Å². The van der Waals surface area contributed by atoms with Gasteiger partial charge in [-0.25, -0.2) is 9.59 Å². The van der Waals surface area contributed by atoms with Crippen molar-refractivity contribution < 1.29 is 96.8 Å². The van der Waals surface area contributed by atoms with Crippen molar-refractivity contribution in [1.29, 1.82) is 0 Å². The molecule has 0 radical (unpaired) electrons. The number of benzene rings is 3. The number of aliphatic hydroxyl groups excluding tert-OH is 1. The van der Waals surface area contributed by atoms with Gasteiger partial charge in [0.1, 0.15) is 48.5 Å². The number of ether oxygens (including phenoxy) is 6. The molecule has 0 aromatic heterocycles. The molecule has 28 nitrogen and oxygen atoms in total. The monoisotopic (exact) mass is 1220 g/mol. The van der Waals surface area contributed by atoms with Gasteiger partial charge < -0.3 is 75.8 Å². The number of fused-ring (bicyclic) bond motifs is 6. The Hall–Kier alpha value is -8.22. The zero-order valence-electron chi connectivity index (χ0n) is 48.9. The lowest BCUT2D eigenvalue weighted by molar-refractivity contribution is -0.256. The van der Waals surface area contributed by atoms with Crippen molar-refractivity contribution in [3.63, 3.8) is 0 Å². The van der Waals surface area contributed by atoms with Crippen LogP contribution in [0.5, 0.6) is 11.5 Å². The summed E-state index contributed by atoms with van der Waals surface area (Å²) in [7, 11) is 1.50. The number of carbonyl (C=O) groups excluding carboxylic acids is 10. The molecule has 0 spiro atoms. The number of nitrogens with two attached hydrogens (primary N) is 1. The molecule has 3 aromatic carbocycles. The fourth-order valence-corrected chi connectivity index (χ4v) is 12.1. The van der Waals surface area contributed by atoms with Gasteiger partial charge in [0.15, 0.2) is 36.2 Å². The Bertz CT molecular complexity index is 3280. The highest BCUT2D eigenvalue weighted by atomic mass is 16.7. The number of phenols is 2. The van der Waals surface area contributed by atoms with Crippen molar-refractivity contribution >= 4 is 70.4 Å². The van der Waals surface area contributed by atoms with Crippen LogP contribution >= 0.6 is 0 Å². The van der Waals surface area contributed by atoms with Crippen LogP contribution in [0, 0.1) is 5.92 Å². The average Bonchev–Trinajstić information content (AvgIpc) is 0.908. The van der Waals surface area contributed by atoms with E-state index in [0.717, 1.165) is 4.90 Å². The van der Waals surface area contributed by atoms with E-state index in [1.54, 1.807) is 32.9 Å². The fraction of sp³-hybridized carbons (Fsp3) is 0.500. The minimum Gasteiger partial charge on any atom is -0.507 e. The Morgan fingerprint density at radius 3 is 2.30 bits per heavy atom. The summed E-state index contributed by atoms with van der Waals surface area (Å²) < 4.78 is 36.0. The third kappa shape index (κ3) is 13.6. The van der Waals surface area contributed by atoms with Gasteiger partial charge in [0, 0.05) is 98.6 Å². The van der Waals surface area contributed by atoms with Crippen molar-refractivity contribution in [3.8, 4) is 11.5 Å². The summed E-state index contributed by atoms with van der Waals surface area (Å²) >= 11 is 0. The van der Waals surface area contributed by atoms with Crippen LogP contribution in [0.1, 0.15) is 127 Å². The van der Waals surface area contributed by atoms with Crippen LogP contribution in [-0.2, 0) is 70.2 Å². The van der Waals surface area contributed by atoms with E-state index >= 15 is 0 Å². The third-order valence-electron chi connectivity index (χ3n) is 16.6. The molecular weight excluding hydrogens is 1150 g/mol. The number of hydrogen-bond acceptors (Lipinski definition) is 21. The molecule has 11 N–H and O–H groups in total. The van der Waals surface area contributed by atoms with Gasteiger partial charge in [-0.1, -0.05) is 50.6 Å². The SMILES string of the molecule is CO[C@H]1OCCN2[C@@H]1O[C@@H]1[C@H](C)O[C@@H](O[C@H]3C[C@](O)(C(=O)CO)Cc4c(O)c5c(c(O)c43)C(=O)c3c(NC(=O)OCc4ccccc4NC(=O)C(CCCNC(N)=O)NC(=O)[C@@H](NC(=O)CCCCCN4C(=O)C=CC4=O)C(C)C)cccc3C5=O)C[C@@H]12. The molecule has 8 amide bonds. The Kier molecular flexibility index (Phi) is 20.0. The van der Waals surface area contributed by atoms with Crippen molar-refractivity contribution in [3.05, 3.63) is 93.6 Å². The molecule has 4 heterocycles. The number of nitrogens with zero attached hydrogens (tertiary/aromatic N) is 2. The van der Waals surface area contributed by atoms with E-state index in [4.69, 9.17) is 34.2 Å². The van der Waals surface area contributed by atoms with Gasteiger partial charge in [-0.3, -0.25) is 53.5 Å². The Labute approximate surface area is 504 Å². The summed E-state index contributed by atoms with van der Waals surface area (Å²) in [6, 6.07) is 6.72. The lowest BCUT2D eigenvalue weighted by Gasteiger charge is -2.43. The van der Waals surface area contributed by atoms with Gasteiger partial charge in [-0.2, -0.15) is 0 Å². The van der Waals surface area contributed by atoms with Gasteiger partial charge in [0.25, 0.3) is 11.8 Å². The van der Waals surface area contributed by atoms with Crippen molar-refractivity contribution in [2.24, 2.45) is 11.7 Å². The number of primary amides is 1. The number of amides is 8. The second-order valence-corrected chi connectivity index (χ2v) is 22.7. The number of urea groups is 1. The minimum atomic E-state index is -2.38. The maximum absolute atomic E-state index is 14.8. The molecule has 3 aromatic rings. The number of phenolic OH excluding ortho intramolecular Hbond substituents is 2. The van der Waals surface area contributed by atoms with Gasteiger partial charge in [0.05, 0.1) is 41.2 Å². The number of nitrogens with one attached hydrogen (secondary N) is 5. The van der Waals surface area contributed by atoms with Gasteiger partial charge in [-0.05, 0) is 50.7 Å². The largest absolute Gasteiger partial charge is 0.507 e. The molecule has 472 valence electrons. The van der Waals surface area contributed by atoms with Crippen LogP contribution < -0.4 is 32.3 Å². The highest BCUT2D eigenvalue weighted by Crippen LogP contribution is 2.53. The lowest BCUT2D eigenvalue weighted by Crippen LogP contribution is -2.55. The zero-order valence-corrected chi connectivity index (χ0v) is 48.9. The van der Waals surface area contributed by atoms with E-state index in [-0.39, 0.29) is 84.0 Å². The predicted octanol–water partition coefficient (Wildman–Crippen LogP) is 1.95. The molecular formula is C60H72N8O20. The quantitative estimate of drug-likeness (QED) is 0.0272. The molecule has 3 saturated heterocycles. The molecule has 1 unspecified atom stereocenters. The second-order valence-electron chi connectivity index (χ2n) is 22.7. The first kappa shape index (κ1) is 64.3. The molecule has 88 heavy (non-hydrogen) atoms. The molecule has 3 fully saturated rings. The molecule has 4 aliphatic heterocycles. The molecule has 28 heteroatoms. The predicted molar refractivity (Wildman–Crippen MR) is 306 cm³/mol. The topological polar surface area (TPSA) is 400 Å². The smallest absolute Gasteiger partial charge is 0.411 e. The van der Waals surface area contributed by atoms with Crippen LogP contribution in [-0.4, -0.2) is 184 Å². The number of rotatable bonds is 24. The van der Waals surface area contributed by atoms with E-state index in [9.17, 15) is 68.4 Å². The molecule has 0 bridgehead atoms. The first-order chi connectivity index (χ1) is 42.0. The number of anilines is 2. The molecule has 10 atom stereocenters. The number of methoxy groups -OCH3 is 1.